The summed E-state index contributed by atoms with van der Waals surface area (Å²) in [5.74, 6) is -0.780. The normalized spacial score (nSPS) is 28.3. The molecule has 2 aromatic rings. The number of anilines is 1. The van der Waals surface area contributed by atoms with Crippen molar-refractivity contribution in [2.75, 3.05) is 69.9 Å². The molecule has 82 heavy (non-hydrogen) atoms. The zero-order valence-corrected chi connectivity index (χ0v) is 48.4. The van der Waals surface area contributed by atoms with Crippen LogP contribution in [0.3, 0.4) is 0 Å². The van der Waals surface area contributed by atoms with Gasteiger partial charge in [0.1, 0.15) is 48.7 Å². The van der Waals surface area contributed by atoms with Crippen LogP contribution in [0.25, 0.3) is 0 Å². The predicted molar refractivity (Wildman–Crippen MR) is 298 cm³/mol. The van der Waals surface area contributed by atoms with Gasteiger partial charge in [-0.1, -0.05) is 26.0 Å². The molecule has 4 heterocycles. The molecule has 0 spiro atoms. The molecular formula is C54H76N5O20S3+. The Hall–Kier alpha value is -4.54. The fourth-order valence-electron chi connectivity index (χ4n) is 10.9. The summed E-state index contributed by atoms with van der Waals surface area (Å²) in [5, 5.41) is 87.6. The second-order valence-electron chi connectivity index (χ2n) is 21.5. The van der Waals surface area contributed by atoms with Gasteiger partial charge in [0.2, 0.25) is 17.5 Å². The van der Waals surface area contributed by atoms with E-state index in [4.69, 9.17) is 24.7 Å². The van der Waals surface area contributed by atoms with Crippen LogP contribution in [0.4, 0.5) is 11.4 Å². The minimum Gasteiger partial charge on any atom is -0.394 e. The molecule has 4 aliphatic heterocycles. The van der Waals surface area contributed by atoms with Gasteiger partial charge in [0, 0.05) is 64.7 Å². The smallest absolute Gasteiger partial charge is 0.294 e. The Labute approximate surface area is 480 Å². The first-order chi connectivity index (χ1) is 38.6. The van der Waals surface area contributed by atoms with Crippen molar-refractivity contribution in [1.82, 2.24) is 10.6 Å². The zero-order chi connectivity index (χ0) is 60.1. The van der Waals surface area contributed by atoms with Crippen LogP contribution in [-0.4, -0.2) is 215 Å². The number of carbonyl (C=O) groups excluding carboxylic acids is 2. The van der Waals surface area contributed by atoms with Gasteiger partial charge in [-0.3, -0.25) is 18.7 Å². The first-order valence-electron chi connectivity index (χ1n) is 26.8. The molecule has 5 aliphatic rings. The van der Waals surface area contributed by atoms with E-state index in [0.717, 1.165) is 16.1 Å². The monoisotopic (exact) mass is 1210 g/mol. The highest BCUT2D eigenvalue weighted by Gasteiger charge is 2.48. The quantitative estimate of drug-likeness (QED) is 0.0358. The van der Waals surface area contributed by atoms with Crippen LogP contribution < -0.4 is 21.3 Å². The molecule has 0 aromatic heterocycles. The lowest BCUT2D eigenvalue weighted by Crippen LogP contribution is -2.64. The van der Waals surface area contributed by atoms with Gasteiger partial charge in [-0.2, -0.15) is 21.4 Å². The largest absolute Gasteiger partial charge is 0.394 e. The summed E-state index contributed by atoms with van der Waals surface area (Å²) in [7, 11) is -9.28. The van der Waals surface area contributed by atoms with Crippen molar-refractivity contribution < 1.29 is 99.9 Å². The van der Waals surface area contributed by atoms with Crippen molar-refractivity contribution in [3.05, 3.63) is 93.6 Å². The molecule has 7 rings (SSSR count). The van der Waals surface area contributed by atoms with Gasteiger partial charge in [0.25, 0.3) is 20.2 Å². The molecule has 14 N–H and O–H groups in total. The van der Waals surface area contributed by atoms with E-state index in [-0.39, 0.29) is 35.7 Å². The summed E-state index contributed by atoms with van der Waals surface area (Å²) >= 11 is 1.55. The van der Waals surface area contributed by atoms with Crippen molar-refractivity contribution in [2.45, 2.75) is 142 Å². The molecule has 0 bridgehead atoms. The van der Waals surface area contributed by atoms with E-state index in [9.17, 15) is 76.4 Å². The molecule has 1 aliphatic carbocycles. The number of nitrogens with one attached hydrogen (secondary N) is 2. The van der Waals surface area contributed by atoms with Crippen molar-refractivity contribution in [2.24, 2.45) is 5.73 Å². The van der Waals surface area contributed by atoms with Gasteiger partial charge in [0.05, 0.1) is 61.3 Å². The minimum absolute atomic E-state index is 0.00437. The number of carbonyl (C=O) groups is 2. The number of fused-ring (bicyclic) bond motifs is 2. The molecule has 10 unspecified atom stereocenters. The molecule has 25 nitrogen and oxygen atoms in total. The number of rotatable bonds is 24. The summed E-state index contributed by atoms with van der Waals surface area (Å²) in [6.07, 6.45) is -3.53. The van der Waals surface area contributed by atoms with Gasteiger partial charge in [-0.15, -0.1) is 11.8 Å². The van der Waals surface area contributed by atoms with E-state index in [1.807, 2.05) is 61.5 Å². The van der Waals surface area contributed by atoms with Gasteiger partial charge in [-0.05, 0) is 86.2 Å². The molecule has 28 heteroatoms. The third kappa shape index (κ3) is 14.6. The molecule has 2 saturated heterocycles. The number of aliphatic hydroxyl groups is 8. The summed E-state index contributed by atoms with van der Waals surface area (Å²) in [6, 6.07) is 5.45. The molecule has 454 valence electrons. The van der Waals surface area contributed by atoms with Gasteiger partial charge in [-0.25, -0.2) is 0 Å². The number of thioether (sulfide) groups is 1. The molecule has 2 aromatic carbocycles. The molecule has 0 radical (unpaired) electrons. The lowest BCUT2D eigenvalue weighted by atomic mass is 9.81. The maximum absolute atomic E-state index is 13.6. The fraction of sp³-hybridized carbons (Fsp3) is 0.574. The van der Waals surface area contributed by atoms with E-state index < -0.39 is 117 Å². The van der Waals surface area contributed by atoms with Crippen LogP contribution in [0.5, 0.6) is 0 Å². The van der Waals surface area contributed by atoms with Crippen LogP contribution >= 0.6 is 11.8 Å². The topological polar surface area (TPSA) is 398 Å². The van der Waals surface area contributed by atoms with Crippen molar-refractivity contribution in [3.8, 4) is 0 Å². The van der Waals surface area contributed by atoms with E-state index in [0.29, 0.717) is 91.9 Å². The third-order valence-electron chi connectivity index (χ3n) is 15.4. The third-order valence-corrected chi connectivity index (χ3v) is 18.3. The highest BCUT2D eigenvalue weighted by Crippen LogP contribution is 2.49. The number of amides is 2. The fourth-order valence-corrected chi connectivity index (χ4v) is 13.1. The Balaban J connectivity index is 1.25. The number of hydrogen-bond donors (Lipinski definition) is 13. The van der Waals surface area contributed by atoms with Crippen LogP contribution in [0.2, 0.25) is 0 Å². The minimum atomic E-state index is -4.64. The Bertz CT molecular complexity index is 3060. The van der Waals surface area contributed by atoms with E-state index >= 15 is 0 Å². The molecule has 10 atom stereocenters. The van der Waals surface area contributed by atoms with Crippen LogP contribution in [0.1, 0.15) is 70.9 Å². The second kappa shape index (κ2) is 27.2. The number of nitrogens with zero attached hydrogens (tertiary/aromatic N) is 2. The average Bonchev–Trinajstić information content (AvgIpc) is 3.86. The number of benzene rings is 2. The maximum Gasteiger partial charge on any atom is 0.294 e. The van der Waals surface area contributed by atoms with Gasteiger partial charge < -0.3 is 81.1 Å². The van der Waals surface area contributed by atoms with Crippen LogP contribution in [-0.2, 0) is 59.6 Å². The van der Waals surface area contributed by atoms with E-state index in [2.05, 4.69) is 10.6 Å². The number of ether oxygens (including phenoxy) is 4. The number of aliphatic hydroxyl groups excluding tert-OH is 8. The van der Waals surface area contributed by atoms with E-state index in [1.54, 1.807) is 11.8 Å². The second-order valence-corrected chi connectivity index (χ2v) is 25.5. The summed E-state index contributed by atoms with van der Waals surface area (Å²) in [4.78, 5) is 29.2. The number of hydrogen-bond acceptors (Lipinski definition) is 21. The number of allylic oxidation sites excluding steroid dienone is 7. The first kappa shape index (κ1) is 65.0. The maximum atomic E-state index is 13.6. The number of nitrogens with two attached hydrogens (primary N) is 1. The summed E-state index contributed by atoms with van der Waals surface area (Å²) in [5.41, 5.74) is 8.93. The average molecular weight is 1210 g/mol. The summed E-state index contributed by atoms with van der Waals surface area (Å²) in [6.45, 7) is 7.84. The Morgan fingerprint density at radius 3 is 1.88 bits per heavy atom. The molecular weight excluding hydrogens is 1130 g/mol. The van der Waals surface area contributed by atoms with Gasteiger partial charge >= 0.3 is 0 Å². The Kier molecular flexibility index (Phi) is 21.6. The van der Waals surface area contributed by atoms with Crippen molar-refractivity contribution in [3.63, 3.8) is 0 Å². The van der Waals surface area contributed by atoms with Crippen molar-refractivity contribution >= 4 is 60.9 Å². The lowest BCUT2D eigenvalue weighted by molar-refractivity contribution is -0.436. The van der Waals surface area contributed by atoms with E-state index in [1.165, 1.54) is 36.4 Å². The first-order valence-corrected chi connectivity index (χ1v) is 30.7. The summed E-state index contributed by atoms with van der Waals surface area (Å²) < 4.78 is 93.6. The lowest BCUT2D eigenvalue weighted by Gasteiger charge is -2.40. The Morgan fingerprint density at radius 2 is 1.30 bits per heavy atom. The molecule has 0 saturated carbocycles. The van der Waals surface area contributed by atoms with Crippen LogP contribution in [0.15, 0.2) is 92.2 Å². The Morgan fingerprint density at radius 1 is 0.744 bits per heavy atom. The molecule has 2 amide bonds. The van der Waals surface area contributed by atoms with Crippen molar-refractivity contribution in [1.29, 1.82) is 0 Å². The van der Waals surface area contributed by atoms with Crippen LogP contribution in [0, 0.1) is 0 Å². The highest BCUT2D eigenvalue weighted by molar-refractivity contribution is 8.03. The predicted octanol–water partition coefficient (Wildman–Crippen LogP) is -0.504. The zero-order valence-electron chi connectivity index (χ0n) is 45.9. The SMILES string of the molecule is CC1(C)C(/C=C/C2=C(SCCOCCOCCN)C(=C/C=C3/N(CCC(=O)NC4C(O)OC(CO)C(O)C4O)c4ccc(S(=O)(=O)O)cc4C3(C)C)/CCC2)=[N+](CCC(=O)NC2C(O)OC(CO)C(O)C2O)c2ccc(S(=O)(=O)O)cc21. The highest BCUT2D eigenvalue weighted by atomic mass is 32.2. The standard InChI is InChI=1S/C54H75N5O20S3/c1-53(2)34-26-32(81(70,71)72)10-12-36(34)58(19-16-42(62)56-44-48(66)46(64)38(28-60)78-51(44)68)40(53)14-8-30-6-5-7-31(50(30)80-25-24-77-23-22-76-21-18-55)9-15-41-54(3,4)35-27-33(82(73,74)75)11-13-37(35)59(41)20-17-43(63)57-45-49(67)47(65)39(29-61)79-52(45)69/h8-15,26-27,38-39,44-49,51-52,60-61,64-69H,5-7,16-25,28-29,55H2,1-4H3,(H3-,56,57,62,63,70,71,72,73,74,75)/p+1. The van der Waals surface area contributed by atoms with Gasteiger partial charge in [0.15, 0.2) is 24.8 Å². The molecule has 2 fully saturated rings.